The van der Waals surface area contributed by atoms with Gasteiger partial charge in [-0.05, 0) is 35.8 Å². The summed E-state index contributed by atoms with van der Waals surface area (Å²) < 4.78 is 10.7. The van der Waals surface area contributed by atoms with E-state index in [4.69, 9.17) is 9.47 Å². The smallest absolute Gasteiger partial charge is 0.320 e. The van der Waals surface area contributed by atoms with Crippen molar-refractivity contribution in [3.8, 4) is 0 Å². The minimum absolute atomic E-state index is 0.253. The second-order valence-corrected chi connectivity index (χ2v) is 5.40. The number of halogens is 1. The van der Waals surface area contributed by atoms with Crippen molar-refractivity contribution < 1.29 is 19.1 Å². The molecule has 1 heterocycles. The maximum absolute atomic E-state index is 11.7. The number of ether oxygens (including phenoxy) is 2. The van der Waals surface area contributed by atoms with E-state index in [-0.39, 0.29) is 13.2 Å². The predicted molar refractivity (Wildman–Crippen MR) is 72.5 cm³/mol. The minimum atomic E-state index is -0.879. The highest BCUT2D eigenvalue weighted by Crippen LogP contribution is 2.23. The summed E-state index contributed by atoms with van der Waals surface area (Å²) in [6, 6.07) is 1.89. The number of carbonyl (C=O) groups excluding carboxylic acids is 2. The van der Waals surface area contributed by atoms with E-state index in [1.54, 1.807) is 13.8 Å². The first-order valence-electron chi connectivity index (χ1n) is 5.64. The molecule has 0 aliphatic heterocycles. The first-order valence-corrected chi connectivity index (χ1v) is 7.31. The highest BCUT2D eigenvalue weighted by molar-refractivity contribution is 9.10. The summed E-state index contributed by atoms with van der Waals surface area (Å²) in [6.45, 7) is 3.93. The van der Waals surface area contributed by atoms with E-state index in [1.165, 1.54) is 11.3 Å². The van der Waals surface area contributed by atoms with Crippen LogP contribution in [0.15, 0.2) is 15.9 Å². The molecule has 0 aliphatic rings. The third-order valence-electron chi connectivity index (χ3n) is 2.17. The topological polar surface area (TPSA) is 52.6 Å². The number of esters is 2. The summed E-state index contributed by atoms with van der Waals surface area (Å²) in [5.74, 6) is -1.93. The van der Waals surface area contributed by atoms with Crippen molar-refractivity contribution in [2.45, 2.75) is 20.3 Å². The number of carbonyl (C=O) groups is 2. The molecule has 0 unspecified atom stereocenters. The van der Waals surface area contributed by atoms with Gasteiger partial charge in [0.25, 0.3) is 0 Å². The Labute approximate surface area is 118 Å². The third-order valence-corrected chi connectivity index (χ3v) is 3.89. The van der Waals surface area contributed by atoms with Crippen molar-refractivity contribution in [2.24, 2.45) is 5.92 Å². The lowest BCUT2D eigenvalue weighted by atomic mass is 10.1. The molecule has 0 aliphatic carbocycles. The molecular formula is C12H15BrO4S. The molecule has 1 aromatic rings. The Bertz CT molecular complexity index is 398. The molecule has 6 heteroatoms. The molecular weight excluding hydrogens is 320 g/mol. The van der Waals surface area contributed by atoms with E-state index in [9.17, 15) is 9.59 Å². The van der Waals surface area contributed by atoms with E-state index in [0.717, 1.165) is 9.35 Å². The molecule has 0 spiro atoms. The Morgan fingerprint density at radius 2 is 1.83 bits per heavy atom. The summed E-state index contributed by atoms with van der Waals surface area (Å²) in [4.78, 5) is 24.4. The Kier molecular flexibility index (Phi) is 6.35. The van der Waals surface area contributed by atoms with Crippen LogP contribution in [0.3, 0.4) is 0 Å². The standard InChI is InChI=1S/C12H15BrO4S/c1-3-16-11(14)10(12(15)17-4-2)6-9-5-8(13)7-18-9/h5,7,10H,3-4,6H2,1-2H3. The van der Waals surface area contributed by atoms with Gasteiger partial charge in [-0.15, -0.1) is 11.3 Å². The van der Waals surface area contributed by atoms with E-state index in [1.807, 2.05) is 11.4 Å². The van der Waals surface area contributed by atoms with Crippen LogP contribution in [0.25, 0.3) is 0 Å². The van der Waals surface area contributed by atoms with Gasteiger partial charge in [-0.25, -0.2) is 0 Å². The molecule has 100 valence electrons. The molecule has 18 heavy (non-hydrogen) atoms. The Morgan fingerprint density at radius 3 is 2.22 bits per heavy atom. The van der Waals surface area contributed by atoms with Crippen LogP contribution in [0.5, 0.6) is 0 Å². The maximum atomic E-state index is 11.7. The molecule has 0 saturated heterocycles. The van der Waals surface area contributed by atoms with Crippen molar-refractivity contribution in [3.63, 3.8) is 0 Å². The lowest BCUT2D eigenvalue weighted by Gasteiger charge is -2.13. The van der Waals surface area contributed by atoms with Crippen LogP contribution >= 0.6 is 27.3 Å². The zero-order valence-corrected chi connectivity index (χ0v) is 12.7. The van der Waals surface area contributed by atoms with E-state index >= 15 is 0 Å². The third kappa shape index (κ3) is 4.42. The molecule has 1 rings (SSSR count). The summed E-state index contributed by atoms with van der Waals surface area (Å²) in [7, 11) is 0. The van der Waals surface area contributed by atoms with Gasteiger partial charge < -0.3 is 9.47 Å². The van der Waals surface area contributed by atoms with E-state index in [2.05, 4.69) is 15.9 Å². The second kappa shape index (κ2) is 7.53. The fourth-order valence-electron chi connectivity index (χ4n) is 1.41. The molecule has 0 amide bonds. The number of hydrogen-bond donors (Lipinski definition) is 0. The summed E-state index contributed by atoms with van der Waals surface area (Å²) in [5, 5.41) is 1.91. The van der Waals surface area contributed by atoms with Crippen LogP contribution in [0, 0.1) is 5.92 Å². The lowest BCUT2D eigenvalue weighted by molar-refractivity contribution is -0.161. The minimum Gasteiger partial charge on any atom is -0.465 e. The van der Waals surface area contributed by atoms with Crippen LogP contribution in [0.2, 0.25) is 0 Å². The first-order chi connectivity index (χ1) is 8.58. The molecule has 0 fully saturated rings. The second-order valence-electron chi connectivity index (χ2n) is 3.49. The first kappa shape index (κ1) is 15.2. The van der Waals surface area contributed by atoms with Gasteiger partial charge >= 0.3 is 11.9 Å². The van der Waals surface area contributed by atoms with Crippen LogP contribution in [-0.2, 0) is 25.5 Å². The van der Waals surface area contributed by atoms with Gasteiger partial charge in [-0.1, -0.05) is 0 Å². The normalized spacial score (nSPS) is 10.4. The van der Waals surface area contributed by atoms with Crippen molar-refractivity contribution in [1.82, 2.24) is 0 Å². The van der Waals surface area contributed by atoms with Gasteiger partial charge in [0.1, 0.15) is 0 Å². The summed E-state index contributed by atoms with van der Waals surface area (Å²) in [5.41, 5.74) is 0. The van der Waals surface area contributed by atoms with Gasteiger partial charge in [0, 0.05) is 21.2 Å². The zero-order chi connectivity index (χ0) is 13.5. The molecule has 0 bridgehead atoms. The predicted octanol–water partition coefficient (Wildman–Crippen LogP) is 2.80. The van der Waals surface area contributed by atoms with Crippen LogP contribution in [0.1, 0.15) is 18.7 Å². The molecule has 0 aromatic carbocycles. The van der Waals surface area contributed by atoms with Crippen molar-refractivity contribution in [1.29, 1.82) is 0 Å². The van der Waals surface area contributed by atoms with Crippen LogP contribution < -0.4 is 0 Å². The molecule has 1 aromatic heterocycles. The number of thiophene rings is 1. The highest BCUT2D eigenvalue weighted by atomic mass is 79.9. The number of hydrogen-bond acceptors (Lipinski definition) is 5. The van der Waals surface area contributed by atoms with Crippen molar-refractivity contribution in [2.75, 3.05) is 13.2 Å². The Hall–Kier alpha value is -0.880. The fourth-order valence-corrected chi connectivity index (χ4v) is 2.91. The van der Waals surface area contributed by atoms with E-state index < -0.39 is 17.9 Å². The average molecular weight is 335 g/mol. The molecule has 0 atom stereocenters. The number of rotatable bonds is 6. The van der Waals surface area contributed by atoms with Crippen LogP contribution in [0.4, 0.5) is 0 Å². The lowest BCUT2D eigenvalue weighted by Crippen LogP contribution is -2.29. The van der Waals surface area contributed by atoms with Crippen molar-refractivity contribution >= 4 is 39.2 Å². The molecule has 0 N–H and O–H groups in total. The Balaban J connectivity index is 2.76. The maximum Gasteiger partial charge on any atom is 0.320 e. The molecule has 0 radical (unpaired) electrons. The quantitative estimate of drug-likeness (QED) is 0.593. The fraction of sp³-hybridized carbons (Fsp3) is 0.500. The summed E-state index contributed by atoms with van der Waals surface area (Å²) >= 11 is 4.82. The monoisotopic (exact) mass is 334 g/mol. The largest absolute Gasteiger partial charge is 0.465 e. The Morgan fingerprint density at radius 1 is 1.28 bits per heavy atom. The SMILES string of the molecule is CCOC(=O)C(Cc1cc(Br)cs1)C(=O)OCC. The van der Waals surface area contributed by atoms with Gasteiger partial charge in [0.05, 0.1) is 13.2 Å². The van der Waals surface area contributed by atoms with E-state index in [0.29, 0.717) is 6.42 Å². The van der Waals surface area contributed by atoms with Gasteiger partial charge in [0.15, 0.2) is 5.92 Å². The summed E-state index contributed by atoms with van der Waals surface area (Å²) in [6.07, 6.45) is 0.313. The molecule has 0 saturated carbocycles. The van der Waals surface area contributed by atoms with Gasteiger partial charge in [-0.3, -0.25) is 9.59 Å². The molecule has 4 nitrogen and oxygen atoms in total. The van der Waals surface area contributed by atoms with Gasteiger partial charge in [-0.2, -0.15) is 0 Å². The van der Waals surface area contributed by atoms with Crippen molar-refractivity contribution in [3.05, 3.63) is 20.8 Å². The zero-order valence-electron chi connectivity index (χ0n) is 10.3. The average Bonchev–Trinajstić information content (AvgIpc) is 2.72. The highest BCUT2D eigenvalue weighted by Gasteiger charge is 2.30. The van der Waals surface area contributed by atoms with Gasteiger partial charge in [0.2, 0.25) is 0 Å². The van der Waals surface area contributed by atoms with Crippen LogP contribution in [-0.4, -0.2) is 25.2 Å².